The van der Waals surface area contributed by atoms with Crippen molar-refractivity contribution in [2.24, 2.45) is 0 Å². The van der Waals surface area contributed by atoms with E-state index in [2.05, 4.69) is 0 Å². The molecule has 0 aliphatic carbocycles. The maximum atomic E-state index is 11.3. The molecule has 0 N–H and O–H groups in total. The predicted molar refractivity (Wildman–Crippen MR) is 63.1 cm³/mol. The van der Waals surface area contributed by atoms with Crippen molar-refractivity contribution in [3.8, 4) is 0 Å². The van der Waals surface area contributed by atoms with Crippen molar-refractivity contribution in [1.29, 1.82) is 0 Å². The fourth-order valence-corrected chi connectivity index (χ4v) is 2.82. The zero-order valence-electron chi connectivity index (χ0n) is 11.2. The topological polar surface area (TPSA) is 63.2 Å². The number of esters is 1. The van der Waals surface area contributed by atoms with Crippen molar-refractivity contribution in [1.82, 2.24) is 0 Å². The van der Waals surface area contributed by atoms with Gasteiger partial charge in [-0.3, -0.25) is 0 Å². The van der Waals surface area contributed by atoms with E-state index in [4.69, 9.17) is 23.7 Å². The monoisotopic (exact) mass is 270 g/mol. The fraction of sp³-hybridized carbons (Fsp3) is 0.769. The number of hydrogen-bond acceptors (Lipinski definition) is 6. The quantitative estimate of drug-likeness (QED) is 0.690. The number of fused-ring (bicyclic) bond motifs is 1. The average molecular weight is 270 g/mol. The van der Waals surface area contributed by atoms with E-state index < -0.39 is 12.1 Å². The molecule has 6 heteroatoms. The SMILES string of the molecule is CO[C@@H]1O[C@H]([C@H]2CC=CC(=O)O2)[C@H]2OC(C)(C)O[C@@H]12. The van der Waals surface area contributed by atoms with Gasteiger partial charge in [0.15, 0.2) is 12.1 Å². The third-order valence-electron chi connectivity index (χ3n) is 3.54. The molecule has 3 aliphatic rings. The first-order chi connectivity index (χ1) is 9.00. The largest absolute Gasteiger partial charge is 0.456 e. The lowest BCUT2D eigenvalue weighted by atomic mass is 10.0. The average Bonchev–Trinajstić information content (AvgIpc) is 2.82. The Morgan fingerprint density at radius 3 is 2.68 bits per heavy atom. The van der Waals surface area contributed by atoms with Crippen molar-refractivity contribution in [3.05, 3.63) is 12.2 Å². The van der Waals surface area contributed by atoms with E-state index in [9.17, 15) is 4.79 Å². The molecule has 19 heavy (non-hydrogen) atoms. The normalized spacial score (nSPS) is 44.2. The smallest absolute Gasteiger partial charge is 0.330 e. The van der Waals surface area contributed by atoms with Crippen LogP contribution in [-0.2, 0) is 28.5 Å². The number of methoxy groups -OCH3 is 1. The molecule has 3 heterocycles. The highest BCUT2D eigenvalue weighted by molar-refractivity contribution is 5.82. The highest BCUT2D eigenvalue weighted by Crippen LogP contribution is 2.41. The lowest BCUT2D eigenvalue weighted by Crippen LogP contribution is -2.41. The second-order valence-electron chi connectivity index (χ2n) is 5.38. The number of rotatable bonds is 2. The highest BCUT2D eigenvalue weighted by atomic mass is 16.8. The molecule has 0 aromatic heterocycles. The van der Waals surface area contributed by atoms with Crippen LogP contribution in [0.1, 0.15) is 20.3 Å². The van der Waals surface area contributed by atoms with Crippen LogP contribution in [0.4, 0.5) is 0 Å². The summed E-state index contributed by atoms with van der Waals surface area (Å²) in [4.78, 5) is 11.3. The molecular formula is C13H18O6. The zero-order valence-corrected chi connectivity index (χ0v) is 11.2. The van der Waals surface area contributed by atoms with Gasteiger partial charge in [-0.2, -0.15) is 0 Å². The Labute approximate surface area is 111 Å². The minimum Gasteiger partial charge on any atom is -0.456 e. The summed E-state index contributed by atoms with van der Waals surface area (Å²) in [5.41, 5.74) is 0. The first kappa shape index (κ1) is 13.1. The van der Waals surface area contributed by atoms with Crippen molar-refractivity contribution >= 4 is 5.97 Å². The highest BCUT2D eigenvalue weighted by Gasteiger charge is 2.58. The second-order valence-corrected chi connectivity index (χ2v) is 5.38. The Kier molecular flexibility index (Phi) is 3.13. The van der Waals surface area contributed by atoms with E-state index >= 15 is 0 Å². The maximum Gasteiger partial charge on any atom is 0.330 e. The van der Waals surface area contributed by atoms with Gasteiger partial charge in [-0.15, -0.1) is 0 Å². The molecular weight excluding hydrogens is 252 g/mol. The van der Waals surface area contributed by atoms with Crippen molar-refractivity contribution in [2.75, 3.05) is 7.11 Å². The van der Waals surface area contributed by atoms with Crippen LogP contribution < -0.4 is 0 Å². The zero-order chi connectivity index (χ0) is 13.6. The fourth-order valence-electron chi connectivity index (χ4n) is 2.82. The van der Waals surface area contributed by atoms with Gasteiger partial charge in [-0.1, -0.05) is 6.08 Å². The third-order valence-corrected chi connectivity index (χ3v) is 3.54. The predicted octanol–water partition coefficient (Wildman–Crippen LogP) is 0.749. The van der Waals surface area contributed by atoms with Gasteiger partial charge in [0.2, 0.25) is 0 Å². The van der Waals surface area contributed by atoms with Crippen LogP contribution in [0, 0.1) is 0 Å². The number of carbonyl (C=O) groups is 1. The molecule has 3 rings (SSSR count). The Morgan fingerprint density at radius 2 is 2.00 bits per heavy atom. The number of hydrogen-bond donors (Lipinski definition) is 0. The molecule has 0 aromatic carbocycles. The van der Waals surface area contributed by atoms with E-state index in [0.29, 0.717) is 6.42 Å². The van der Waals surface area contributed by atoms with Gasteiger partial charge in [-0.05, 0) is 13.8 Å². The van der Waals surface area contributed by atoms with Gasteiger partial charge in [-0.25, -0.2) is 4.79 Å². The van der Waals surface area contributed by atoms with Gasteiger partial charge >= 0.3 is 5.97 Å². The van der Waals surface area contributed by atoms with Crippen LogP contribution in [0.2, 0.25) is 0 Å². The Hall–Kier alpha value is -0.950. The van der Waals surface area contributed by atoms with Gasteiger partial charge in [0.25, 0.3) is 0 Å². The Morgan fingerprint density at radius 1 is 1.26 bits per heavy atom. The molecule has 0 saturated carbocycles. The van der Waals surface area contributed by atoms with E-state index in [0.717, 1.165) is 0 Å². The summed E-state index contributed by atoms with van der Waals surface area (Å²) < 4.78 is 28.0. The summed E-state index contributed by atoms with van der Waals surface area (Å²) >= 11 is 0. The second kappa shape index (κ2) is 4.56. The minimum atomic E-state index is -0.678. The maximum absolute atomic E-state index is 11.3. The van der Waals surface area contributed by atoms with Gasteiger partial charge in [0.05, 0.1) is 0 Å². The standard InChI is InChI=1S/C13H18O6/c1-13(2)18-10-9(7-5-4-6-8(14)16-7)17-12(15-3)11(10)19-13/h4,6-7,9-12H,5H2,1-3H3/t7-,9-,10-,11-,12-/m1/s1. The van der Waals surface area contributed by atoms with Crippen LogP contribution in [-0.4, -0.2) is 49.6 Å². The van der Waals surface area contributed by atoms with Crippen LogP contribution in [0.5, 0.6) is 0 Å². The Balaban J connectivity index is 1.79. The summed E-state index contributed by atoms with van der Waals surface area (Å²) in [7, 11) is 1.56. The molecule has 2 fully saturated rings. The van der Waals surface area contributed by atoms with Crippen LogP contribution in [0.15, 0.2) is 12.2 Å². The summed E-state index contributed by atoms with van der Waals surface area (Å²) in [5.74, 6) is -1.03. The first-order valence-corrected chi connectivity index (χ1v) is 6.41. The molecule has 0 spiro atoms. The van der Waals surface area contributed by atoms with Crippen LogP contribution in [0.3, 0.4) is 0 Å². The molecule has 2 saturated heterocycles. The summed E-state index contributed by atoms with van der Waals surface area (Å²) in [6, 6.07) is 0. The number of ether oxygens (including phenoxy) is 5. The molecule has 0 unspecified atom stereocenters. The van der Waals surface area contributed by atoms with Gasteiger partial charge in [0.1, 0.15) is 24.4 Å². The summed E-state index contributed by atoms with van der Waals surface area (Å²) in [6.45, 7) is 3.70. The number of carbonyl (C=O) groups excluding carboxylic acids is 1. The van der Waals surface area contributed by atoms with Crippen molar-refractivity contribution in [3.63, 3.8) is 0 Å². The van der Waals surface area contributed by atoms with E-state index in [1.807, 2.05) is 13.8 Å². The molecule has 3 aliphatic heterocycles. The van der Waals surface area contributed by atoms with Crippen molar-refractivity contribution in [2.45, 2.75) is 56.8 Å². The van der Waals surface area contributed by atoms with Crippen LogP contribution in [0.25, 0.3) is 0 Å². The summed E-state index contributed by atoms with van der Waals surface area (Å²) in [6.07, 6.45) is 2.01. The minimum absolute atomic E-state index is 0.288. The third kappa shape index (κ3) is 2.29. The molecule has 0 radical (unpaired) electrons. The lowest BCUT2D eigenvalue weighted by molar-refractivity contribution is -0.238. The molecule has 0 aromatic rings. The first-order valence-electron chi connectivity index (χ1n) is 6.41. The van der Waals surface area contributed by atoms with E-state index in [1.165, 1.54) is 6.08 Å². The van der Waals surface area contributed by atoms with Gasteiger partial charge in [0, 0.05) is 19.6 Å². The Bertz CT molecular complexity index is 404. The summed E-state index contributed by atoms with van der Waals surface area (Å²) in [5, 5.41) is 0. The number of cyclic esters (lactones) is 1. The van der Waals surface area contributed by atoms with Crippen LogP contribution >= 0.6 is 0 Å². The van der Waals surface area contributed by atoms with Crippen molar-refractivity contribution < 1.29 is 28.5 Å². The van der Waals surface area contributed by atoms with Gasteiger partial charge < -0.3 is 23.7 Å². The molecule has 0 bridgehead atoms. The molecule has 106 valence electrons. The molecule has 5 atom stereocenters. The molecule has 6 nitrogen and oxygen atoms in total. The lowest BCUT2D eigenvalue weighted by Gasteiger charge is -2.29. The van der Waals surface area contributed by atoms with E-state index in [-0.39, 0.29) is 30.4 Å². The van der Waals surface area contributed by atoms with E-state index in [1.54, 1.807) is 13.2 Å². The molecule has 0 amide bonds.